The van der Waals surface area contributed by atoms with E-state index in [9.17, 15) is 5.11 Å². The van der Waals surface area contributed by atoms with E-state index in [1.54, 1.807) is 7.11 Å². The molecule has 0 spiro atoms. The van der Waals surface area contributed by atoms with Crippen LogP contribution in [-0.2, 0) is 18.4 Å². The first-order chi connectivity index (χ1) is 13.0. The highest BCUT2D eigenvalue weighted by atomic mass is 16.5. The third-order valence-electron chi connectivity index (χ3n) is 5.62. The highest BCUT2D eigenvalue weighted by Crippen LogP contribution is 2.42. The van der Waals surface area contributed by atoms with Gasteiger partial charge in [0.2, 0.25) is 0 Å². The standard InChI is InChI=1S/C23H26N2O2/c1-25(2)15-19-13-22-17(11-16-7-4-5-10-21(16)24-22)14-23(19,26)18-8-6-9-20(12-18)27-3/h4-12,19,26H,13-15H2,1-3H3/t19-,23-/m1/s1. The average molecular weight is 362 g/mol. The molecular formula is C23H26N2O2. The fraction of sp³-hybridized carbons (Fsp3) is 0.348. The Morgan fingerprint density at radius 1 is 1.15 bits per heavy atom. The summed E-state index contributed by atoms with van der Waals surface area (Å²) in [5, 5.41) is 13.0. The monoisotopic (exact) mass is 362 g/mol. The zero-order chi connectivity index (χ0) is 19.0. The average Bonchev–Trinajstić information content (AvgIpc) is 2.67. The summed E-state index contributed by atoms with van der Waals surface area (Å²) in [4.78, 5) is 7.05. The number of hydrogen-bond acceptors (Lipinski definition) is 4. The Morgan fingerprint density at radius 2 is 1.96 bits per heavy atom. The number of para-hydroxylation sites is 1. The minimum Gasteiger partial charge on any atom is -0.497 e. The van der Waals surface area contributed by atoms with Gasteiger partial charge in [0.05, 0.1) is 18.2 Å². The van der Waals surface area contributed by atoms with Crippen LogP contribution in [0.15, 0.2) is 54.6 Å². The van der Waals surface area contributed by atoms with Crippen molar-refractivity contribution in [1.29, 1.82) is 0 Å². The van der Waals surface area contributed by atoms with Gasteiger partial charge in [-0.05, 0) is 55.9 Å². The Labute approximate surface area is 160 Å². The molecule has 27 heavy (non-hydrogen) atoms. The molecule has 0 radical (unpaired) electrons. The molecule has 4 heteroatoms. The van der Waals surface area contributed by atoms with Gasteiger partial charge in [0.15, 0.2) is 0 Å². The molecule has 0 unspecified atom stereocenters. The van der Waals surface area contributed by atoms with Crippen molar-refractivity contribution in [2.24, 2.45) is 5.92 Å². The molecule has 1 aromatic heterocycles. The molecule has 1 N–H and O–H groups in total. The van der Waals surface area contributed by atoms with Crippen molar-refractivity contribution in [2.75, 3.05) is 27.7 Å². The molecule has 0 bridgehead atoms. The lowest BCUT2D eigenvalue weighted by Crippen LogP contribution is -2.46. The van der Waals surface area contributed by atoms with Crippen LogP contribution in [0.1, 0.15) is 16.8 Å². The molecule has 4 nitrogen and oxygen atoms in total. The number of nitrogens with zero attached hydrogens (tertiary/aromatic N) is 2. The van der Waals surface area contributed by atoms with Crippen LogP contribution < -0.4 is 4.74 Å². The molecule has 0 aliphatic heterocycles. The van der Waals surface area contributed by atoms with E-state index in [0.29, 0.717) is 6.42 Å². The van der Waals surface area contributed by atoms with E-state index < -0.39 is 5.60 Å². The van der Waals surface area contributed by atoms with E-state index in [0.717, 1.165) is 46.4 Å². The third-order valence-corrected chi connectivity index (χ3v) is 5.62. The maximum atomic E-state index is 11.9. The number of aromatic nitrogens is 1. The topological polar surface area (TPSA) is 45.6 Å². The summed E-state index contributed by atoms with van der Waals surface area (Å²) in [7, 11) is 5.76. The lowest BCUT2D eigenvalue weighted by molar-refractivity contribution is -0.0400. The number of rotatable bonds is 4. The predicted octanol–water partition coefficient (Wildman–Crippen LogP) is 3.41. The van der Waals surface area contributed by atoms with Crippen molar-refractivity contribution in [3.8, 4) is 5.75 Å². The highest BCUT2D eigenvalue weighted by Gasteiger charge is 2.43. The van der Waals surface area contributed by atoms with Crippen molar-refractivity contribution in [2.45, 2.75) is 18.4 Å². The number of fused-ring (bicyclic) bond motifs is 2. The van der Waals surface area contributed by atoms with E-state index in [-0.39, 0.29) is 5.92 Å². The molecule has 0 amide bonds. The van der Waals surface area contributed by atoms with Gasteiger partial charge in [-0.2, -0.15) is 0 Å². The van der Waals surface area contributed by atoms with Gasteiger partial charge in [0, 0.05) is 30.0 Å². The molecule has 1 heterocycles. The molecule has 1 aliphatic rings. The molecule has 3 aromatic rings. The van der Waals surface area contributed by atoms with Gasteiger partial charge in [-0.1, -0.05) is 30.3 Å². The lowest BCUT2D eigenvalue weighted by Gasteiger charge is -2.42. The Kier molecular flexibility index (Phi) is 4.62. The second-order valence-electron chi connectivity index (χ2n) is 7.78. The first-order valence-electron chi connectivity index (χ1n) is 9.39. The zero-order valence-corrected chi connectivity index (χ0v) is 16.1. The van der Waals surface area contributed by atoms with Gasteiger partial charge in [-0.25, -0.2) is 0 Å². The van der Waals surface area contributed by atoms with Crippen molar-refractivity contribution in [1.82, 2.24) is 9.88 Å². The molecule has 0 saturated heterocycles. The second-order valence-corrected chi connectivity index (χ2v) is 7.78. The van der Waals surface area contributed by atoms with Crippen molar-refractivity contribution in [3.05, 3.63) is 71.4 Å². The summed E-state index contributed by atoms with van der Waals surface area (Å²) in [6.07, 6.45) is 1.32. The molecule has 140 valence electrons. The summed E-state index contributed by atoms with van der Waals surface area (Å²) >= 11 is 0. The molecule has 1 aliphatic carbocycles. The van der Waals surface area contributed by atoms with E-state index in [1.807, 2.05) is 36.4 Å². The quantitative estimate of drug-likeness (QED) is 0.773. The fourth-order valence-electron chi connectivity index (χ4n) is 4.25. The Morgan fingerprint density at radius 3 is 2.74 bits per heavy atom. The van der Waals surface area contributed by atoms with Gasteiger partial charge in [0.25, 0.3) is 0 Å². The summed E-state index contributed by atoms with van der Waals surface area (Å²) in [6, 6.07) is 18.2. The Hall–Kier alpha value is -2.43. The highest BCUT2D eigenvalue weighted by molar-refractivity contribution is 5.79. The Bertz CT molecular complexity index is 970. The van der Waals surface area contributed by atoms with Crippen LogP contribution >= 0.6 is 0 Å². The molecule has 2 atom stereocenters. The van der Waals surface area contributed by atoms with Crippen LogP contribution in [0.5, 0.6) is 5.75 Å². The third kappa shape index (κ3) is 3.31. The van der Waals surface area contributed by atoms with Gasteiger partial charge >= 0.3 is 0 Å². The van der Waals surface area contributed by atoms with Crippen molar-refractivity contribution < 1.29 is 9.84 Å². The van der Waals surface area contributed by atoms with E-state index in [4.69, 9.17) is 9.72 Å². The second kappa shape index (κ2) is 6.95. The minimum absolute atomic E-state index is 0.0563. The summed E-state index contributed by atoms with van der Waals surface area (Å²) in [5.74, 6) is 0.827. The van der Waals surface area contributed by atoms with Crippen LogP contribution in [0.25, 0.3) is 10.9 Å². The number of methoxy groups -OCH3 is 1. The van der Waals surface area contributed by atoms with E-state index in [1.165, 1.54) is 0 Å². The normalized spacial score (nSPS) is 22.0. The largest absolute Gasteiger partial charge is 0.497 e. The lowest BCUT2D eigenvalue weighted by atomic mass is 9.70. The van der Waals surface area contributed by atoms with Crippen LogP contribution in [0.4, 0.5) is 0 Å². The van der Waals surface area contributed by atoms with Crippen molar-refractivity contribution in [3.63, 3.8) is 0 Å². The van der Waals surface area contributed by atoms with Crippen molar-refractivity contribution >= 4 is 10.9 Å². The van der Waals surface area contributed by atoms with Crippen LogP contribution in [0.3, 0.4) is 0 Å². The number of hydrogen-bond donors (Lipinski definition) is 1. The number of pyridine rings is 1. The minimum atomic E-state index is -0.948. The van der Waals surface area contributed by atoms with Gasteiger partial charge in [-0.15, -0.1) is 0 Å². The van der Waals surface area contributed by atoms with Crippen LogP contribution in [0.2, 0.25) is 0 Å². The predicted molar refractivity (Wildman–Crippen MR) is 108 cm³/mol. The fourth-order valence-corrected chi connectivity index (χ4v) is 4.25. The SMILES string of the molecule is COc1cccc([C@]2(O)Cc3cc4ccccc4nc3C[C@@H]2CN(C)C)c1. The molecule has 4 rings (SSSR count). The van der Waals surface area contributed by atoms with Gasteiger partial charge in [0.1, 0.15) is 5.75 Å². The number of aliphatic hydroxyl groups is 1. The van der Waals surface area contributed by atoms with E-state index in [2.05, 4.69) is 37.2 Å². The zero-order valence-electron chi connectivity index (χ0n) is 16.1. The summed E-state index contributed by atoms with van der Waals surface area (Å²) in [5.41, 5.74) is 3.22. The van der Waals surface area contributed by atoms with Crippen LogP contribution in [-0.4, -0.2) is 42.7 Å². The smallest absolute Gasteiger partial charge is 0.119 e. The molecule has 2 aromatic carbocycles. The first-order valence-corrected chi connectivity index (χ1v) is 9.39. The maximum absolute atomic E-state index is 11.9. The molecule has 0 fully saturated rings. The summed E-state index contributed by atoms with van der Waals surface area (Å²) in [6.45, 7) is 0.793. The summed E-state index contributed by atoms with van der Waals surface area (Å²) < 4.78 is 5.40. The number of benzene rings is 2. The first kappa shape index (κ1) is 18.0. The van der Waals surface area contributed by atoms with E-state index >= 15 is 0 Å². The van der Waals surface area contributed by atoms with Gasteiger partial charge in [-0.3, -0.25) is 4.98 Å². The molecule has 0 saturated carbocycles. The molecular weight excluding hydrogens is 336 g/mol. The Balaban J connectivity index is 1.82. The van der Waals surface area contributed by atoms with Gasteiger partial charge < -0.3 is 14.7 Å². The number of ether oxygens (including phenoxy) is 1. The van der Waals surface area contributed by atoms with Crippen LogP contribution in [0, 0.1) is 5.92 Å². The maximum Gasteiger partial charge on any atom is 0.119 e.